The van der Waals surface area contributed by atoms with Crippen LogP contribution >= 0.6 is 7.82 Å². The summed E-state index contributed by atoms with van der Waals surface area (Å²) in [6.07, 6.45) is 16.4. The lowest BCUT2D eigenvalue weighted by atomic mass is 9.84. The summed E-state index contributed by atoms with van der Waals surface area (Å²) in [5, 5.41) is 64.4. The quantitative estimate of drug-likeness (QED) is 0.0160. The van der Waals surface area contributed by atoms with Crippen LogP contribution in [-0.2, 0) is 46.9 Å². The minimum absolute atomic E-state index is 0.0126. The van der Waals surface area contributed by atoms with Gasteiger partial charge in [-0.15, -0.1) is 0 Å². The maximum Gasteiger partial charge on any atom is 0.472 e. The number of phosphoric acid groups is 1. The molecule has 1 heterocycles. The largest absolute Gasteiger partial charge is 0.472 e. The summed E-state index contributed by atoms with van der Waals surface area (Å²) in [4.78, 5) is 37.4. The molecular formula is C55H106NO17P. The van der Waals surface area contributed by atoms with Gasteiger partial charge in [-0.3, -0.25) is 18.6 Å². The van der Waals surface area contributed by atoms with Gasteiger partial charge in [0.05, 0.1) is 19.3 Å². The van der Waals surface area contributed by atoms with E-state index in [1.165, 1.54) is 103 Å². The molecule has 0 bridgehead atoms. The third kappa shape index (κ3) is 29.6. The van der Waals surface area contributed by atoms with Crippen LogP contribution in [0.15, 0.2) is 0 Å². The minimum atomic E-state index is -5.31. The van der Waals surface area contributed by atoms with E-state index in [1.54, 1.807) is 0 Å². The number of hydrogen-bond acceptors (Lipinski definition) is 17. The number of aliphatic hydroxyl groups excluding tert-OH is 6. The highest BCUT2D eigenvalue weighted by atomic mass is 31.2. The molecule has 0 spiro atoms. The fraction of sp³-hybridized carbons (Fsp3) is 0.964. The SMILES string of the molecule is CCCCCCCCCCCCCCCC(=O)OC[C@H](COP(=O)(O)O[C@@H]1[C@H](OCCCCCCCC)[C@H](O)[C@@H](O)[C@H](O)[C@H]1O[C@H]1O[C@H](CO)[C@@H](O)[C@H](O)[C@H]1N)OC(=O)CCCCCCCCCCCCCCC. The molecule has 2 rings (SSSR count). The average molecular weight is 1080 g/mol. The number of hydrogen-bond donors (Lipinski definition) is 8. The average Bonchev–Trinajstić information content (AvgIpc) is 3.38. The van der Waals surface area contributed by atoms with Crippen molar-refractivity contribution in [2.24, 2.45) is 5.73 Å². The van der Waals surface area contributed by atoms with Crippen LogP contribution in [0.25, 0.3) is 0 Å². The van der Waals surface area contributed by atoms with Gasteiger partial charge in [0.1, 0.15) is 61.5 Å². The number of aliphatic hydroxyl groups is 6. The van der Waals surface area contributed by atoms with Crippen LogP contribution in [0, 0.1) is 0 Å². The van der Waals surface area contributed by atoms with Crippen molar-refractivity contribution in [3.05, 3.63) is 0 Å². The molecule has 0 radical (unpaired) electrons. The summed E-state index contributed by atoms with van der Waals surface area (Å²) >= 11 is 0. The van der Waals surface area contributed by atoms with Gasteiger partial charge in [-0.2, -0.15) is 0 Å². The van der Waals surface area contributed by atoms with Gasteiger partial charge in [-0.05, 0) is 19.3 Å². The Morgan fingerprint density at radius 1 is 0.527 bits per heavy atom. The Hall–Kier alpha value is -1.35. The number of phosphoric ester groups is 1. The van der Waals surface area contributed by atoms with E-state index in [9.17, 15) is 49.7 Å². The first-order valence-electron chi connectivity index (χ1n) is 29.4. The van der Waals surface area contributed by atoms with Crippen molar-refractivity contribution < 1.29 is 82.4 Å². The lowest BCUT2D eigenvalue weighted by molar-refractivity contribution is -0.317. The van der Waals surface area contributed by atoms with Crippen LogP contribution in [0.3, 0.4) is 0 Å². The van der Waals surface area contributed by atoms with Crippen molar-refractivity contribution >= 4 is 19.8 Å². The van der Waals surface area contributed by atoms with Crippen molar-refractivity contribution in [3.63, 3.8) is 0 Å². The second kappa shape index (κ2) is 42.6. The Balaban J connectivity index is 2.11. The molecule has 2 aliphatic rings. The second-order valence-electron chi connectivity index (χ2n) is 21.1. The fourth-order valence-electron chi connectivity index (χ4n) is 9.68. The molecule has 0 aromatic rings. The maximum absolute atomic E-state index is 13.9. The molecule has 1 aliphatic heterocycles. The van der Waals surface area contributed by atoms with Gasteiger partial charge in [-0.1, -0.05) is 207 Å². The normalized spacial score (nSPS) is 26.4. The third-order valence-corrected chi connectivity index (χ3v) is 15.4. The van der Waals surface area contributed by atoms with E-state index < -0.39 is 113 Å². The number of carbonyl (C=O) groups is 2. The number of nitrogens with two attached hydrogens (primary N) is 1. The monoisotopic (exact) mass is 1080 g/mol. The fourth-order valence-corrected chi connectivity index (χ4v) is 10.6. The predicted molar refractivity (Wildman–Crippen MR) is 284 cm³/mol. The molecule has 438 valence electrons. The van der Waals surface area contributed by atoms with E-state index in [2.05, 4.69) is 20.8 Å². The summed E-state index contributed by atoms with van der Waals surface area (Å²) in [6, 6.07) is -1.48. The predicted octanol–water partition coefficient (Wildman–Crippen LogP) is 8.90. The zero-order valence-electron chi connectivity index (χ0n) is 46.0. The molecule has 13 atom stereocenters. The summed E-state index contributed by atoms with van der Waals surface area (Å²) in [5.41, 5.74) is 6.13. The van der Waals surface area contributed by atoms with Crippen LogP contribution < -0.4 is 5.73 Å². The first-order chi connectivity index (χ1) is 35.7. The van der Waals surface area contributed by atoms with Gasteiger partial charge in [0.2, 0.25) is 0 Å². The van der Waals surface area contributed by atoms with Crippen molar-refractivity contribution in [1.29, 1.82) is 0 Å². The molecule has 1 unspecified atom stereocenters. The molecular weight excluding hydrogens is 978 g/mol. The standard InChI is InChI=1S/C55H106NO17P/c1-4-7-10-13-16-18-20-22-24-26-28-30-33-36-44(58)68-40-42(70-45(59)37-34-31-29-27-25-23-21-19-17-14-11-8-5-2)41-69-74(65,66)73-54-52(67-38-35-32-15-12-9-6-3)50(63)49(62)51(64)53(54)72-55-46(56)48(61)47(60)43(39-57)71-55/h42-43,46-55,57,60-64H,4-41,56H2,1-3H3,(H,65,66)/t42-,43-,46-,47-,48-,49-,50-,51+,52-,53-,54-,55-/m1/s1. The lowest BCUT2D eigenvalue weighted by Crippen LogP contribution is -2.69. The van der Waals surface area contributed by atoms with E-state index in [0.29, 0.717) is 19.3 Å². The lowest BCUT2D eigenvalue weighted by Gasteiger charge is -2.48. The van der Waals surface area contributed by atoms with Crippen molar-refractivity contribution in [2.45, 2.75) is 312 Å². The molecule has 2 fully saturated rings. The zero-order valence-corrected chi connectivity index (χ0v) is 46.9. The molecule has 19 heteroatoms. The number of ether oxygens (including phenoxy) is 5. The molecule has 0 aromatic heterocycles. The van der Waals surface area contributed by atoms with Gasteiger partial charge >= 0.3 is 19.8 Å². The molecule has 0 amide bonds. The topological polar surface area (TPSA) is 283 Å². The Bertz CT molecular complexity index is 1430. The Kier molecular flexibility index (Phi) is 39.6. The van der Waals surface area contributed by atoms with Crippen molar-refractivity contribution in [2.75, 3.05) is 26.4 Å². The molecule has 0 aromatic carbocycles. The van der Waals surface area contributed by atoms with E-state index in [4.69, 9.17) is 38.5 Å². The maximum atomic E-state index is 13.9. The number of esters is 2. The van der Waals surface area contributed by atoms with Crippen molar-refractivity contribution in [3.8, 4) is 0 Å². The van der Waals surface area contributed by atoms with E-state index in [1.807, 2.05) is 0 Å². The van der Waals surface area contributed by atoms with Gasteiger partial charge in [0, 0.05) is 19.4 Å². The highest BCUT2D eigenvalue weighted by Gasteiger charge is 2.56. The van der Waals surface area contributed by atoms with E-state index in [-0.39, 0.29) is 19.4 Å². The molecule has 74 heavy (non-hydrogen) atoms. The van der Waals surface area contributed by atoms with Crippen LogP contribution in [0.5, 0.6) is 0 Å². The van der Waals surface area contributed by atoms with Crippen LogP contribution in [0.4, 0.5) is 0 Å². The van der Waals surface area contributed by atoms with Gasteiger partial charge in [0.25, 0.3) is 0 Å². The van der Waals surface area contributed by atoms with E-state index in [0.717, 1.165) is 83.5 Å². The summed E-state index contributed by atoms with van der Waals surface area (Å²) in [5.74, 6) is -1.13. The van der Waals surface area contributed by atoms with Crippen molar-refractivity contribution in [1.82, 2.24) is 0 Å². The molecule has 1 saturated heterocycles. The summed E-state index contributed by atoms with van der Waals surface area (Å²) in [6.45, 7) is 4.56. The van der Waals surface area contributed by atoms with Gasteiger partial charge in [0.15, 0.2) is 12.4 Å². The Morgan fingerprint density at radius 2 is 0.946 bits per heavy atom. The molecule has 9 N–H and O–H groups in total. The Morgan fingerprint density at radius 3 is 1.41 bits per heavy atom. The number of carbonyl (C=O) groups excluding carboxylic acids is 2. The van der Waals surface area contributed by atoms with Crippen LogP contribution in [0.1, 0.15) is 239 Å². The molecule has 1 saturated carbocycles. The highest BCUT2D eigenvalue weighted by molar-refractivity contribution is 7.47. The van der Waals surface area contributed by atoms with E-state index >= 15 is 0 Å². The second-order valence-corrected chi connectivity index (χ2v) is 22.5. The number of rotatable bonds is 47. The van der Waals surface area contributed by atoms with Gasteiger partial charge < -0.3 is 65.0 Å². The Labute approximate surface area is 445 Å². The molecule has 1 aliphatic carbocycles. The summed E-state index contributed by atoms with van der Waals surface area (Å²) in [7, 11) is -5.31. The number of unbranched alkanes of at least 4 members (excludes halogenated alkanes) is 29. The smallest absolute Gasteiger partial charge is 0.462 e. The first kappa shape index (κ1) is 68.8. The third-order valence-electron chi connectivity index (χ3n) is 14.4. The molecule has 18 nitrogen and oxygen atoms in total. The van der Waals surface area contributed by atoms with Crippen LogP contribution in [-0.4, -0.2) is 147 Å². The highest BCUT2D eigenvalue weighted by Crippen LogP contribution is 2.48. The van der Waals surface area contributed by atoms with Crippen LogP contribution in [0.2, 0.25) is 0 Å². The zero-order chi connectivity index (χ0) is 54.4. The van der Waals surface area contributed by atoms with Gasteiger partial charge in [-0.25, -0.2) is 4.57 Å². The summed E-state index contributed by atoms with van der Waals surface area (Å²) < 4.78 is 53.7. The minimum Gasteiger partial charge on any atom is -0.462 e. The first-order valence-corrected chi connectivity index (χ1v) is 30.9.